The van der Waals surface area contributed by atoms with Crippen molar-refractivity contribution in [1.82, 2.24) is 5.32 Å². The summed E-state index contributed by atoms with van der Waals surface area (Å²) in [6.45, 7) is 2.03. The molecule has 1 aromatic carbocycles. The van der Waals surface area contributed by atoms with Gasteiger partial charge in [-0.15, -0.1) is 8.78 Å². The van der Waals surface area contributed by atoms with Gasteiger partial charge in [-0.2, -0.15) is 0 Å². The van der Waals surface area contributed by atoms with Crippen LogP contribution in [0.25, 0.3) is 0 Å². The highest BCUT2D eigenvalue weighted by Gasteiger charge is 2.43. The molecule has 1 aromatic rings. The zero-order chi connectivity index (χ0) is 15.0. The lowest BCUT2D eigenvalue weighted by Gasteiger charge is -2.27. The maximum Gasteiger partial charge on any atom is 0.586 e. The van der Waals surface area contributed by atoms with Crippen molar-refractivity contribution in [3.8, 4) is 11.5 Å². The van der Waals surface area contributed by atoms with Crippen LogP contribution >= 0.6 is 0 Å². The fourth-order valence-corrected chi connectivity index (χ4v) is 2.60. The molecule has 1 saturated heterocycles. The zero-order valence-electron chi connectivity index (χ0n) is 11.5. The summed E-state index contributed by atoms with van der Waals surface area (Å²) in [5, 5.41) is 5.92. The maximum absolute atomic E-state index is 12.9. The first kappa shape index (κ1) is 14.1. The van der Waals surface area contributed by atoms with E-state index in [1.54, 1.807) is 0 Å². The van der Waals surface area contributed by atoms with Gasteiger partial charge in [-0.3, -0.25) is 4.79 Å². The molecule has 2 heterocycles. The van der Waals surface area contributed by atoms with Crippen molar-refractivity contribution < 1.29 is 23.0 Å². The van der Waals surface area contributed by atoms with Crippen LogP contribution < -0.4 is 20.1 Å². The van der Waals surface area contributed by atoms with Crippen LogP contribution in [0, 0.1) is 0 Å². The number of piperidine rings is 1. The molecule has 1 fully saturated rings. The van der Waals surface area contributed by atoms with E-state index in [0.717, 1.165) is 19.3 Å². The topological polar surface area (TPSA) is 59.6 Å². The number of alkyl halides is 2. The predicted molar refractivity (Wildman–Crippen MR) is 71.5 cm³/mol. The third kappa shape index (κ3) is 3.07. The number of ether oxygens (including phenoxy) is 2. The Morgan fingerprint density at radius 3 is 2.86 bits per heavy atom. The summed E-state index contributed by atoms with van der Waals surface area (Å²) in [6.07, 6.45) is -0.855. The van der Waals surface area contributed by atoms with Crippen molar-refractivity contribution in [3.05, 3.63) is 18.2 Å². The highest BCUT2D eigenvalue weighted by atomic mass is 19.3. The van der Waals surface area contributed by atoms with Crippen LogP contribution in [0.5, 0.6) is 11.5 Å². The van der Waals surface area contributed by atoms with Crippen molar-refractivity contribution in [3.63, 3.8) is 0 Å². The van der Waals surface area contributed by atoms with Gasteiger partial charge in [0, 0.05) is 17.8 Å². The van der Waals surface area contributed by atoms with E-state index in [9.17, 15) is 13.6 Å². The number of amides is 1. The molecule has 3 rings (SSSR count). The standard InChI is InChI=1S/C14H16F2N2O3/c1-8-3-2-4-10(17-8)13(19)18-9-5-6-11-12(7-9)21-14(15,16)20-11/h5-8,10,17H,2-4H2,1H3,(H,18,19). The Hall–Kier alpha value is -1.89. The lowest BCUT2D eigenvalue weighted by atomic mass is 9.99. The minimum atomic E-state index is -3.65. The number of hydrogen-bond donors (Lipinski definition) is 2. The van der Waals surface area contributed by atoms with E-state index < -0.39 is 6.29 Å². The van der Waals surface area contributed by atoms with Gasteiger partial charge in [-0.05, 0) is 38.3 Å². The molecule has 7 heteroatoms. The van der Waals surface area contributed by atoms with Crippen molar-refractivity contribution in [1.29, 1.82) is 0 Å². The third-order valence-electron chi connectivity index (χ3n) is 3.60. The highest BCUT2D eigenvalue weighted by molar-refractivity contribution is 5.95. The summed E-state index contributed by atoms with van der Waals surface area (Å²) < 4.78 is 34.5. The molecular formula is C14H16F2N2O3. The number of rotatable bonds is 2. The SMILES string of the molecule is CC1CCCC(C(=O)Nc2ccc3c(c2)OC(F)(F)O3)N1. The Kier molecular flexibility index (Phi) is 3.44. The quantitative estimate of drug-likeness (QED) is 0.880. The average Bonchev–Trinajstić information content (AvgIpc) is 2.72. The van der Waals surface area contributed by atoms with Crippen LogP contribution in [0.2, 0.25) is 0 Å². The van der Waals surface area contributed by atoms with E-state index in [0.29, 0.717) is 11.7 Å². The lowest BCUT2D eigenvalue weighted by molar-refractivity contribution is -0.286. The molecule has 2 aliphatic heterocycles. The van der Waals surface area contributed by atoms with Crippen molar-refractivity contribution in [2.24, 2.45) is 0 Å². The summed E-state index contributed by atoms with van der Waals surface area (Å²) in [6, 6.07) is 4.22. The van der Waals surface area contributed by atoms with Gasteiger partial charge in [0.05, 0.1) is 6.04 Å². The number of carbonyl (C=O) groups is 1. The first-order chi connectivity index (χ1) is 9.93. The van der Waals surface area contributed by atoms with E-state index in [2.05, 4.69) is 20.1 Å². The zero-order valence-corrected chi connectivity index (χ0v) is 11.5. The molecular weight excluding hydrogens is 282 g/mol. The molecule has 2 N–H and O–H groups in total. The van der Waals surface area contributed by atoms with Crippen LogP contribution in [0.1, 0.15) is 26.2 Å². The molecule has 114 valence electrons. The highest BCUT2D eigenvalue weighted by Crippen LogP contribution is 2.42. The van der Waals surface area contributed by atoms with E-state index in [1.807, 2.05) is 6.92 Å². The number of nitrogens with one attached hydrogen (secondary N) is 2. The first-order valence-corrected chi connectivity index (χ1v) is 6.90. The molecule has 5 nitrogen and oxygen atoms in total. The van der Waals surface area contributed by atoms with Crippen LogP contribution in [-0.4, -0.2) is 24.3 Å². The molecule has 0 aromatic heterocycles. The predicted octanol–water partition coefficient (Wildman–Crippen LogP) is 2.48. The van der Waals surface area contributed by atoms with Crippen molar-refractivity contribution in [2.75, 3.05) is 5.32 Å². The summed E-state index contributed by atoms with van der Waals surface area (Å²) in [5.41, 5.74) is 0.403. The molecule has 21 heavy (non-hydrogen) atoms. The minimum Gasteiger partial charge on any atom is -0.395 e. The monoisotopic (exact) mass is 298 g/mol. The van der Waals surface area contributed by atoms with Gasteiger partial charge >= 0.3 is 6.29 Å². The van der Waals surface area contributed by atoms with Crippen molar-refractivity contribution in [2.45, 2.75) is 44.6 Å². The molecule has 2 atom stereocenters. The summed E-state index contributed by atoms with van der Waals surface area (Å²) in [4.78, 5) is 12.1. The van der Waals surface area contributed by atoms with Gasteiger partial charge in [0.15, 0.2) is 11.5 Å². The molecule has 2 unspecified atom stereocenters. The first-order valence-electron chi connectivity index (χ1n) is 6.90. The van der Waals surface area contributed by atoms with E-state index >= 15 is 0 Å². The van der Waals surface area contributed by atoms with Crippen LogP contribution in [0.15, 0.2) is 18.2 Å². The van der Waals surface area contributed by atoms with Gasteiger partial charge in [0.25, 0.3) is 0 Å². The Balaban J connectivity index is 1.67. The van der Waals surface area contributed by atoms with Gasteiger partial charge in [0.2, 0.25) is 5.91 Å². The number of halogens is 2. The van der Waals surface area contributed by atoms with E-state index in [-0.39, 0.29) is 23.4 Å². The Bertz CT molecular complexity index is 565. The number of benzene rings is 1. The van der Waals surface area contributed by atoms with Crippen LogP contribution in [0.4, 0.5) is 14.5 Å². The van der Waals surface area contributed by atoms with Gasteiger partial charge in [0.1, 0.15) is 0 Å². The normalized spacial score (nSPS) is 26.4. The molecule has 1 amide bonds. The lowest BCUT2D eigenvalue weighted by Crippen LogP contribution is -2.47. The van der Waals surface area contributed by atoms with Gasteiger partial charge in [-0.1, -0.05) is 0 Å². The Labute approximate surface area is 120 Å². The maximum atomic E-state index is 12.9. The number of hydrogen-bond acceptors (Lipinski definition) is 4. The number of anilines is 1. The molecule has 0 saturated carbocycles. The fraction of sp³-hybridized carbons (Fsp3) is 0.500. The van der Waals surface area contributed by atoms with Gasteiger partial charge < -0.3 is 20.1 Å². The third-order valence-corrected chi connectivity index (χ3v) is 3.60. The summed E-state index contributed by atoms with van der Waals surface area (Å²) in [7, 11) is 0. The number of carbonyl (C=O) groups excluding carboxylic acids is 1. The fourth-order valence-electron chi connectivity index (χ4n) is 2.60. The molecule has 2 aliphatic rings. The summed E-state index contributed by atoms with van der Waals surface area (Å²) >= 11 is 0. The van der Waals surface area contributed by atoms with E-state index in [4.69, 9.17) is 0 Å². The van der Waals surface area contributed by atoms with Crippen LogP contribution in [-0.2, 0) is 4.79 Å². The molecule has 0 radical (unpaired) electrons. The van der Waals surface area contributed by atoms with Crippen molar-refractivity contribution >= 4 is 11.6 Å². The second-order valence-electron chi connectivity index (χ2n) is 5.37. The summed E-state index contributed by atoms with van der Waals surface area (Å²) in [5.74, 6) is -0.294. The number of fused-ring (bicyclic) bond motifs is 1. The van der Waals surface area contributed by atoms with E-state index in [1.165, 1.54) is 18.2 Å². The molecule has 0 aliphatic carbocycles. The minimum absolute atomic E-state index is 0.0394. The second-order valence-corrected chi connectivity index (χ2v) is 5.37. The van der Waals surface area contributed by atoms with Crippen LogP contribution in [0.3, 0.4) is 0 Å². The molecule has 0 bridgehead atoms. The molecule has 0 spiro atoms. The second kappa shape index (κ2) is 5.14. The largest absolute Gasteiger partial charge is 0.586 e. The van der Waals surface area contributed by atoms with Gasteiger partial charge in [-0.25, -0.2) is 0 Å². The smallest absolute Gasteiger partial charge is 0.395 e. The Morgan fingerprint density at radius 2 is 2.10 bits per heavy atom. The Morgan fingerprint density at radius 1 is 1.33 bits per heavy atom. The average molecular weight is 298 g/mol.